The number of hydrogen-bond donors (Lipinski definition) is 2. The van der Waals surface area contributed by atoms with Gasteiger partial charge in [0.15, 0.2) is 11.3 Å². The molecule has 0 unspecified atom stereocenters. The molecule has 11 heteroatoms. The van der Waals surface area contributed by atoms with Crippen LogP contribution >= 0.6 is 11.6 Å². The van der Waals surface area contributed by atoms with Crippen LogP contribution in [0.15, 0.2) is 46.1 Å². The first kappa shape index (κ1) is 25.0. The highest BCUT2D eigenvalue weighted by molar-refractivity contribution is 6.33. The molecule has 1 aliphatic heterocycles. The summed E-state index contributed by atoms with van der Waals surface area (Å²) in [6, 6.07) is 6.80. The largest absolute Gasteiger partial charge is 0.507 e. The van der Waals surface area contributed by atoms with Gasteiger partial charge in [0.05, 0.1) is 39.7 Å². The van der Waals surface area contributed by atoms with Crippen molar-refractivity contribution in [2.75, 3.05) is 13.1 Å². The van der Waals surface area contributed by atoms with Crippen molar-refractivity contribution in [3.8, 4) is 22.7 Å². The molecule has 0 radical (unpaired) electrons. The molecule has 0 amide bonds. The van der Waals surface area contributed by atoms with E-state index in [1.54, 1.807) is 19.2 Å². The Hall–Kier alpha value is -3.63. The summed E-state index contributed by atoms with van der Waals surface area (Å²) >= 11 is 6.51. The molecule has 37 heavy (non-hydrogen) atoms. The number of nitrogens with zero attached hydrogens (tertiary/aromatic N) is 4. The molecule has 5 rings (SSSR count). The molecule has 192 valence electrons. The quantitative estimate of drug-likeness (QED) is 0.382. The summed E-state index contributed by atoms with van der Waals surface area (Å²) in [6.45, 7) is 5.20. The van der Waals surface area contributed by atoms with Crippen molar-refractivity contribution in [1.29, 1.82) is 0 Å². The maximum atomic E-state index is 15.2. The Labute approximate surface area is 215 Å². The van der Waals surface area contributed by atoms with E-state index in [9.17, 15) is 19.1 Å². The first-order chi connectivity index (χ1) is 17.5. The van der Waals surface area contributed by atoms with Crippen molar-refractivity contribution >= 4 is 22.8 Å². The minimum atomic E-state index is -1.74. The summed E-state index contributed by atoms with van der Waals surface area (Å²) in [5, 5.41) is 13.2. The Kier molecular flexibility index (Phi) is 6.12. The van der Waals surface area contributed by atoms with E-state index in [-0.39, 0.29) is 46.5 Å². The zero-order chi connectivity index (χ0) is 26.6. The van der Waals surface area contributed by atoms with Gasteiger partial charge in [-0.1, -0.05) is 31.5 Å². The summed E-state index contributed by atoms with van der Waals surface area (Å²) in [5.74, 6) is -1.31. The molecule has 3 aromatic heterocycles. The van der Waals surface area contributed by atoms with Crippen molar-refractivity contribution in [3.05, 3.63) is 79.3 Å². The number of rotatable bonds is 5. The van der Waals surface area contributed by atoms with Crippen LogP contribution < -0.4 is 16.4 Å². The molecular weight excluding hydrogens is 504 g/mol. The molecule has 1 aliphatic rings. The molecule has 2 N–H and O–H groups in total. The number of phenols is 1. The Morgan fingerprint density at radius 2 is 1.95 bits per heavy atom. The molecule has 8 nitrogen and oxygen atoms in total. The Bertz CT molecular complexity index is 1660. The monoisotopic (exact) mass is 527 g/mol. The van der Waals surface area contributed by atoms with E-state index in [2.05, 4.69) is 15.3 Å². The first-order valence-electron chi connectivity index (χ1n) is 11.7. The molecule has 0 atom stereocenters. The number of halogens is 3. The van der Waals surface area contributed by atoms with Crippen LogP contribution in [-0.4, -0.2) is 43.0 Å². The van der Waals surface area contributed by atoms with Crippen LogP contribution in [0.2, 0.25) is 5.02 Å². The molecular formula is C26H24ClF2N5O3. The Morgan fingerprint density at radius 1 is 1.22 bits per heavy atom. The second kappa shape index (κ2) is 9.04. The van der Waals surface area contributed by atoms with Crippen molar-refractivity contribution in [3.63, 3.8) is 0 Å². The lowest BCUT2D eigenvalue weighted by Gasteiger charge is -2.35. The molecule has 0 saturated carbocycles. The van der Waals surface area contributed by atoms with Gasteiger partial charge in [-0.05, 0) is 42.7 Å². The van der Waals surface area contributed by atoms with E-state index in [0.717, 1.165) is 15.2 Å². The van der Waals surface area contributed by atoms with E-state index in [1.807, 2.05) is 13.8 Å². The smallest absolute Gasteiger partial charge is 0.322 e. The van der Waals surface area contributed by atoms with Crippen LogP contribution in [-0.2, 0) is 6.54 Å². The average Bonchev–Trinajstić information content (AvgIpc) is 2.82. The van der Waals surface area contributed by atoms with Gasteiger partial charge in [-0.2, -0.15) is 0 Å². The molecule has 0 spiro atoms. The van der Waals surface area contributed by atoms with Gasteiger partial charge in [-0.3, -0.25) is 23.7 Å². The van der Waals surface area contributed by atoms with Crippen LogP contribution in [0.4, 0.5) is 8.78 Å². The number of benzene rings is 1. The van der Waals surface area contributed by atoms with Gasteiger partial charge in [0.25, 0.3) is 0 Å². The first-order valence-corrected chi connectivity index (χ1v) is 12.1. The fourth-order valence-electron chi connectivity index (χ4n) is 4.61. The second-order valence-corrected chi connectivity index (χ2v) is 10.0. The third-order valence-corrected chi connectivity index (χ3v) is 6.84. The standard InChI is InChI=1S/C26H24ClF2N5O3/c1-13(2)20-22(14(3)7-8-31-20)34-23-17(33(24(36)25(34)37)12-26(29)10-30-11-26)9-15(27)21(32-23)19-16(28)5-4-6-18(19)35/h4-9,13,30,35H,10-12H2,1-3H3. The lowest BCUT2D eigenvalue weighted by molar-refractivity contribution is 0.0704. The summed E-state index contributed by atoms with van der Waals surface area (Å²) in [7, 11) is 0. The summed E-state index contributed by atoms with van der Waals surface area (Å²) < 4.78 is 32.1. The van der Waals surface area contributed by atoms with Gasteiger partial charge in [-0.15, -0.1) is 0 Å². The fourth-order valence-corrected chi connectivity index (χ4v) is 4.85. The summed E-state index contributed by atoms with van der Waals surface area (Å²) in [5.41, 5.74) is -2.44. The fraction of sp³-hybridized carbons (Fsp3) is 0.308. The van der Waals surface area contributed by atoms with Gasteiger partial charge in [0, 0.05) is 19.3 Å². The highest BCUT2D eigenvalue weighted by Gasteiger charge is 2.38. The van der Waals surface area contributed by atoms with Crippen LogP contribution in [0.1, 0.15) is 31.0 Å². The van der Waals surface area contributed by atoms with Crippen molar-refractivity contribution in [2.45, 2.75) is 38.9 Å². The Balaban J connectivity index is 1.95. The maximum Gasteiger partial charge on any atom is 0.322 e. The number of aromatic hydroxyl groups is 1. The highest BCUT2D eigenvalue weighted by atomic mass is 35.5. The predicted octanol–water partition coefficient (Wildman–Crippen LogP) is 3.85. The topological polar surface area (TPSA) is 102 Å². The normalized spacial score (nSPS) is 14.8. The van der Waals surface area contributed by atoms with Gasteiger partial charge in [-0.25, -0.2) is 13.8 Å². The number of hydrogen-bond acceptors (Lipinski definition) is 6. The minimum absolute atomic E-state index is 0.0194. The number of alkyl halides is 1. The number of pyridine rings is 2. The predicted molar refractivity (Wildman–Crippen MR) is 137 cm³/mol. The van der Waals surface area contributed by atoms with Gasteiger partial charge in [0.2, 0.25) is 0 Å². The van der Waals surface area contributed by atoms with Gasteiger partial charge in [0.1, 0.15) is 11.6 Å². The minimum Gasteiger partial charge on any atom is -0.507 e. The molecule has 4 heterocycles. The van der Waals surface area contributed by atoms with Gasteiger partial charge >= 0.3 is 11.1 Å². The number of phenolic OH excluding ortho intramolecular Hbond substituents is 1. The highest BCUT2D eigenvalue weighted by Crippen LogP contribution is 2.37. The SMILES string of the molecule is Cc1ccnc(C(C)C)c1-n1c(=O)c(=O)n(CC2(F)CNC2)c2cc(Cl)c(-c3c(O)cccc3F)nc21. The van der Waals surface area contributed by atoms with Crippen molar-refractivity contribution < 1.29 is 13.9 Å². The van der Waals surface area contributed by atoms with Crippen molar-refractivity contribution in [2.24, 2.45) is 0 Å². The van der Waals surface area contributed by atoms with E-state index in [4.69, 9.17) is 11.6 Å². The van der Waals surface area contributed by atoms with E-state index in [1.165, 1.54) is 18.2 Å². The molecule has 1 aromatic carbocycles. The zero-order valence-electron chi connectivity index (χ0n) is 20.3. The third-order valence-electron chi connectivity index (χ3n) is 6.55. The zero-order valence-corrected chi connectivity index (χ0v) is 21.1. The van der Waals surface area contributed by atoms with E-state index >= 15 is 4.39 Å². The molecule has 1 saturated heterocycles. The lowest BCUT2D eigenvalue weighted by Crippen LogP contribution is -2.60. The van der Waals surface area contributed by atoms with Crippen molar-refractivity contribution in [1.82, 2.24) is 24.4 Å². The lowest BCUT2D eigenvalue weighted by atomic mass is 9.99. The number of aromatic nitrogens is 4. The van der Waals surface area contributed by atoms with Gasteiger partial charge < -0.3 is 10.4 Å². The van der Waals surface area contributed by atoms with Crippen LogP contribution in [0.5, 0.6) is 5.75 Å². The van der Waals surface area contributed by atoms with E-state index in [0.29, 0.717) is 16.9 Å². The molecule has 1 fully saturated rings. The third kappa shape index (κ3) is 4.10. The Morgan fingerprint density at radius 3 is 2.57 bits per heavy atom. The maximum absolute atomic E-state index is 15.2. The van der Waals surface area contributed by atoms with E-state index < -0.39 is 34.9 Å². The van der Waals surface area contributed by atoms with Crippen LogP contribution in [0.25, 0.3) is 28.1 Å². The molecule has 4 aromatic rings. The molecule has 0 aliphatic carbocycles. The number of aryl methyl sites for hydroxylation is 1. The average molecular weight is 528 g/mol. The number of nitrogens with one attached hydrogen (secondary N) is 1. The molecule has 0 bridgehead atoms. The summed E-state index contributed by atoms with van der Waals surface area (Å²) in [4.78, 5) is 36.0. The second-order valence-electron chi connectivity index (χ2n) is 9.60. The summed E-state index contributed by atoms with van der Waals surface area (Å²) in [6.07, 6.45) is 1.60. The van der Waals surface area contributed by atoms with Crippen LogP contribution in [0, 0.1) is 12.7 Å². The number of fused-ring (bicyclic) bond motifs is 1. The van der Waals surface area contributed by atoms with Crippen LogP contribution in [0.3, 0.4) is 0 Å².